The van der Waals surface area contributed by atoms with Gasteiger partial charge >= 0.3 is 0 Å². The number of rotatable bonds is 6. The van der Waals surface area contributed by atoms with Crippen molar-refractivity contribution in [2.75, 3.05) is 6.61 Å². The summed E-state index contributed by atoms with van der Waals surface area (Å²) in [5.41, 5.74) is 5.87. The molecule has 0 fully saturated rings. The summed E-state index contributed by atoms with van der Waals surface area (Å²) in [6.07, 6.45) is 4.83. The minimum Gasteiger partial charge on any atom is -0.484 e. The molecule has 0 atom stereocenters. The zero-order valence-electron chi connectivity index (χ0n) is 14.4. The highest BCUT2D eigenvalue weighted by molar-refractivity contribution is 5.82. The van der Waals surface area contributed by atoms with Crippen LogP contribution in [0.3, 0.4) is 0 Å². The first-order valence-electron chi connectivity index (χ1n) is 8.20. The summed E-state index contributed by atoms with van der Waals surface area (Å²) in [7, 11) is 0. The van der Waals surface area contributed by atoms with Gasteiger partial charge < -0.3 is 4.74 Å². The molecule has 1 N–H and O–H groups in total. The fourth-order valence-corrected chi connectivity index (χ4v) is 2.29. The highest BCUT2D eigenvalue weighted by Gasteiger charge is 2.03. The van der Waals surface area contributed by atoms with Gasteiger partial charge in [-0.15, -0.1) is 0 Å². The third-order valence-corrected chi connectivity index (χ3v) is 3.68. The summed E-state index contributed by atoms with van der Waals surface area (Å²) < 4.78 is 5.46. The second-order valence-electron chi connectivity index (χ2n) is 5.58. The van der Waals surface area contributed by atoms with E-state index in [2.05, 4.69) is 21.6 Å². The number of carbonyl (C=O) groups excluding carboxylic acids is 1. The highest BCUT2D eigenvalue weighted by atomic mass is 16.5. The molecule has 6 nitrogen and oxygen atoms in total. The predicted octanol–water partition coefficient (Wildman–Crippen LogP) is 3.15. The van der Waals surface area contributed by atoms with E-state index >= 15 is 0 Å². The van der Waals surface area contributed by atoms with Crippen LogP contribution < -0.4 is 10.2 Å². The normalized spacial score (nSPS) is 10.3. The van der Waals surface area contributed by atoms with Crippen LogP contribution in [0, 0.1) is 11.3 Å². The monoisotopic (exact) mass is 356 g/mol. The van der Waals surface area contributed by atoms with E-state index < -0.39 is 0 Å². The van der Waals surface area contributed by atoms with Crippen molar-refractivity contribution in [1.29, 1.82) is 5.26 Å². The molecule has 0 aliphatic rings. The third-order valence-electron chi connectivity index (χ3n) is 3.68. The number of hydrogen-bond acceptors (Lipinski definition) is 5. The van der Waals surface area contributed by atoms with Gasteiger partial charge in [0.15, 0.2) is 6.61 Å². The molecule has 27 heavy (non-hydrogen) atoms. The number of pyridine rings is 1. The molecule has 0 unspecified atom stereocenters. The number of hydrazone groups is 1. The summed E-state index contributed by atoms with van der Waals surface area (Å²) >= 11 is 0. The molecule has 0 bridgehead atoms. The van der Waals surface area contributed by atoms with Crippen LogP contribution in [0.2, 0.25) is 0 Å². The molecule has 0 spiro atoms. The minimum atomic E-state index is -0.350. The molecular formula is C21H16N4O2. The Balaban J connectivity index is 1.50. The van der Waals surface area contributed by atoms with Crippen LogP contribution in [0.1, 0.15) is 11.1 Å². The number of aromatic nitrogens is 1. The number of benzene rings is 2. The van der Waals surface area contributed by atoms with Crippen LogP contribution in [0.5, 0.6) is 5.75 Å². The van der Waals surface area contributed by atoms with E-state index in [1.807, 2.05) is 24.3 Å². The Bertz CT molecular complexity index is 960. The van der Waals surface area contributed by atoms with Crippen molar-refractivity contribution in [1.82, 2.24) is 10.4 Å². The largest absolute Gasteiger partial charge is 0.484 e. The predicted molar refractivity (Wildman–Crippen MR) is 102 cm³/mol. The van der Waals surface area contributed by atoms with Crippen molar-refractivity contribution < 1.29 is 9.53 Å². The van der Waals surface area contributed by atoms with E-state index in [1.165, 1.54) is 6.21 Å². The van der Waals surface area contributed by atoms with Gasteiger partial charge in [-0.3, -0.25) is 9.78 Å². The van der Waals surface area contributed by atoms with E-state index in [9.17, 15) is 4.79 Å². The van der Waals surface area contributed by atoms with Gasteiger partial charge in [0.05, 0.1) is 17.8 Å². The quantitative estimate of drug-likeness (QED) is 0.543. The summed E-state index contributed by atoms with van der Waals surface area (Å²) in [6, 6.07) is 20.4. The Hall–Kier alpha value is -3.98. The van der Waals surface area contributed by atoms with Gasteiger partial charge in [0.1, 0.15) is 5.75 Å². The molecule has 0 saturated heterocycles. The SMILES string of the molecule is N#Cc1ccc(-c2ccc(OCC(=O)N/N=C/c3ccncc3)cc2)cc1. The van der Waals surface area contributed by atoms with Gasteiger partial charge in [-0.25, -0.2) is 5.43 Å². The molecule has 0 aliphatic carbocycles. The van der Waals surface area contributed by atoms with Gasteiger partial charge in [-0.1, -0.05) is 24.3 Å². The van der Waals surface area contributed by atoms with Gasteiger partial charge in [0.2, 0.25) is 0 Å². The van der Waals surface area contributed by atoms with Crippen LogP contribution in [0.4, 0.5) is 0 Å². The lowest BCUT2D eigenvalue weighted by Crippen LogP contribution is -2.24. The maximum Gasteiger partial charge on any atom is 0.277 e. The van der Waals surface area contributed by atoms with Crippen LogP contribution in [0.15, 0.2) is 78.2 Å². The Kier molecular flexibility index (Phi) is 5.89. The summed E-state index contributed by atoms with van der Waals surface area (Å²) in [6.45, 7) is -0.135. The molecular weight excluding hydrogens is 340 g/mol. The smallest absolute Gasteiger partial charge is 0.277 e. The molecule has 0 radical (unpaired) electrons. The van der Waals surface area contributed by atoms with Gasteiger partial charge in [-0.2, -0.15) is 10.4 Å². The lowest BCUT2D eigenvalue weighted by atomic mass is 10.0. The van der Waals surface area contributed by atoms with Gasteiger partial charge in [0.25, 0.3) is 5.91 Å². The van der Waals surface area contributed by atoms with Gasteiger partial charge in [-0.05, 0) is 53.1 Å². The molecule has 0 saturated carbocycles. The van der Waals surface area contributed by atoms with Crippen molar-refractivity contribution in [2.45, 2.75) is 0 Å². The second kappa shape index (κ2) is 8.92. The molecule has 1 heterocycles. The van der Waals surface area contributed by atoms with Crippen molar-refractivity contribution in [3.8, 4) is 22.9 Å². The van der Waals surface area contributed by atoms with Crippen LogP contribution in [0.25, 0.3) is 11.1 Å². The fraction of sp³-hybridized carbons (Fsp3) is 0.0476. The zero-order chi connectivity index (χ0) is 18.9. The van der Waals surface area contributed by atoms with Crippen molar-refractivity contribution in [3.63, 3.8) is 0 Å². The number of carbonyl (C=O) groups is 1. The number of amides is 1. The molecule has 1 amide bonds. The summed E-state index contributed by atoms with van der Waals surface area (Å²) in [5, 5.41) is 12.7. The zero-order valence-corrected chi connectivity index (χ0v) is 14.4. The summed E-state index contributed by atoms with van der Waals surface area (Å²) in [5.74, 6) is 0.233. The Morgan fingerprint density at radius 3 is 2.30 bits per heavy atom. The third kappa shape index (κ3) is 5.25. The topological polar surface area (TPSA) is 87.4 Å². The summed E-state index contributed by atoms with van der Waals surface area (Å²) in [4.78, 5) is 15.7. The lowest BCUT2D eigenvalue weighted by Gasteiger charge is -2.07. The van der Waals surface area contributed by atoms with Crippen molar-refractivity contribution in [3.05, 3.63) is 84.2 Å². The average Bonchev–Trinajstić information content (AvgIpc) is 2.73. The van der Waals surface area contributed by atoms with E-state index in [4.69, 9.17) is 10.00 Å². The first kappa shape index (κ1) is 17.8. The molecule has 6 heteroatoms. The van der Waals surface area contributed by atoms with E-state index in [-0.39, 0.29) is 12.5 Å². The van der Waals surface area contributed by atoms with Crippen molar-refractivity contribution >= 4 is 12.1 Å². The van der Waals surface area contributed by atoms with E-state index in [0.29, 0.717) is 11.3 Å². The average molecular weight is 356 g/mol. The Morgan fingerprint density at radius 1 is 1.04 bits per heavy atom. The molecule has 0 aliphatic heterocycles. The van der Waals surface area contributed by atoms with Crippen LogP contribution in [-0.4, -0.2) is 23.7 Å². The maximum absolute atomic E-state index is 11.8. The minimum absolute atomic E-state index is 0.135. The standard InChI is InChI=1S/C21H16N4O2/c22-13-16-1-3-18(4-2-16)19-5-7-20(8-6-19)27-15-21(26)25-24-14-17-9-11-23-12-10-17/h1-12,14H,15H2,(H,25,26)/b24-14+. The first-order chi connectivity index (χ1) is 13.2. The molecule has 132 valence electrons. The maximum atomic E-state index is 11.8. The van der Waals surface area contributed by atoms with E-state index in [1.54, 1.807) is 48.8 Å². The number of ether oxygens (including phenoxy) is 1. The highest BCUT2D eigenvalue weighted by Crippen LogP contribution is 2.22. The Morgan fingerprint density at radius 2 is 1.67 bits per heavy atom. The molecule has 3 aromatic rings. The lowest BCUT2D eigenvalue weighted by molar-refractivity contribution is -0.123. The number of nitriles is 1. The Labute approximate surface area is 156 Å². The molecule has 3 rings (SSSR count). The fourth-order valence-electron chi connectivity index (χ4n) is 2.29. The number of hydrogen-bond donors (Lipinski definition) is 1. The van der Waals surface area contributed by atoms with Crippen molar-refractivity contribution in [2.24, 2.45) is 5.10 Å². The van der Waals surface area contributed by atoms with E-state index in [0.717, 1.165) is 16.7 Å². The van der Waals surface area contributed by atoms with Crippen LogP contribution >= 0.6 is 0 Å². The number of nitrogens with zero attached hydrogens (tertiary/aromatic N) is 3. The molecule has 1 aromatic heterocycles. The second-order valence-corrected chi connectivity index (χ2v) is 5.58. The first-order valence-corrected chi connectivity index (χ1v) is 8.20. The number of nitrogens with one attached hydrogen (secondary N) is 1. The van der Waals surface area contributed by atoms with Gasteiger partial charge in [0, 0.05) is 12.4 Å². The van der Waals surface area contributed by atoms with Crippen LogP contribution in [-0.2, 0) is 4.79 Å². The molecule has 2 aromatic carbocycles.